The van der Waals surface area contributed by atoms with Gasteiger partial charge in [-0.05, 0) is 51.5 Å². The molecule has 1 N–H and O–H groups in total. The van der Waals surface area contributed by atoms with Crippen molar-refractivity contribution in [2.75, 3.05) is 13.2 Å². The molecule has 0 aromatic carbocycles. The van der Waals surface area contributed by atoms with Crippen molar-refractivity contribution >= 4 is 0 Å². The Balaban J connectivity index is 1.32. The van der Waals surface area contributed by atoms with Crippen molar-refractivity contribution in [3.05, 3.63) is 17.8 Å². The Bertz CT molecular complexity index is 408. The highest BCUT2D eigenvalue weighted by atomic mass is 16.5. The average Bonchev–Trinajstić information content (AvgIpc) is 3.12. The number of ether oxygens (including phenoxy) is 1. The molecule has 1 aromatic heterocycles. The van der Waals surface area contributed by atoms with Crippen LogP contribution in [0, 0.1) is 5.92 Å². The Morgan fingerprint density at radius 3 is 3.00 bits per heavy atom. The van der Waals surface area contributed by atoms with E-state index in [1.54, 1.807) is 0 Å². The molecule has 0 radical (unpaired) electrons. The molecule has 0 saturated heterocycles. The number of hydrogen-bond donors (Lipinski definition) is 1. The molecule has 2 saturated carbocycles. The van der Waals surface area contributed by atoms with Crippen LogP contribution in [0.2, 0.25) is 0 Å². The molecule has 1 aromatic rings. The van der Waals surface area contributed by atoms with Gasteiger partial charge < -0.3 is 14.5 Å². The van der Waals surface area contributed by atoms with E-state index in [1.165, 1.54) is 25.7 Å². The van der Waals surface area contributed by atoms with Crippen molar-refractivity contribution in [2.24, 2.45) is 5.92 Å². The van der Waals surface area contributed by atoms with Gasteiger partial charge in [-0.15, -0.1) is 0 Å². The lowest BCUT2D eigenvalue weighted by Crippen LogP contribution is -2.32. The summed E-state index contributed by atoms with van der Waals surface area (Å²) in [6, 6.07) is 0.798. The summed E-state index contributed by atoms with van der Waals surface area (Å²) in [7, 11) is 0. The zero-order chi connectivity index (χ0) is 13.8. The van der Waals surface area contributed by atoms with Crippen LogP contribution >= 0.6 is 0 Å². The first kappa shape index (κ1) is 14.1. The predicted octanol–water partition coefficient (Wildman–Crippen LogP) is 2.72. The molecule has 112 valence electrons. The SMILES string of the molecule is CCOC1CC(Cc2cnc(CCCNC3CC3)o2)C1. The number of aryl methyl sites for hydroxylation is 1. The molecule has 0 aliphatic heterocycles. The minimum Gasteiger partial charge on any atom is -0.446 e. The fourth-order valence-electron chi connectivity index (χ4n) is 2.89. The molecule has 3 rings (SSSR count). The third-order valence-electron chi connectivity index (χ3n) is 4.26. The van der Waals surface area contributed by atoms with E-state index in [0.29, 0.717) is 6.10 Å². The summed E-state index contributed by atoms with van der Waals surface area (Å²) in [4.78, 5) is 4.39. The second kappa shape index (κ2) is 6.72. The summed E-state index contributed by atoms with van der Waals surface area (Å²) in [5.41, 5.74) is 0. The van der Waals surface area contributed by atoms with E-state index in [0.717, 1.165) is 56.0 Å². The van der Waals surface area contributed by atoms with Gasteiger partial charge in [0.05, 0.1) is 12.3 Å². The van der Waals surface area contributed by atoms with Gasteiger partial charge in [-0.3, -0.25) is 0 Å². The number of aromatic nitrogens is 1. The quantitative estimate of drug-likeness (QED) is 0.706. The normalized spacial score (nSPS) is 25.6. The number of nitrogens with zero attached hydrogens (tertiary/aromatic N) is 1. The Labute approximate surface area is 121 Å². The van der Waals surface area contributed by atoms with E-state index in [2.05, 4.69) is 17.2 Å². The summed E-state index contributed by atoms with van der Waals surface area (Å²) >= 11 is 0. The number of nitrogens with one attached hydrogen (secondary N) is 1. The molecule has 0 unspecified atom stereocenters. The Morgan fingerprint density at radius 2 is 2.25 bits per heavy atom. The third kappa shape index (κ3) is 4.06. The van der Waals surface area contributed by atoms with E-state index in [-0.39, 0.29) is 0 Å². The average molecular weight is 278 g/mol. The Hall–Kier alpha value is -0.870. The van der Waals surface area contributed by atoms with Crippen LogP contribution in [-0.4, -0.2) is 30.3 Å². The number of rotatable bonds is 9. The van der Waals surface area contributed by atoms with Crippen LogP contribution < -0.4 is 5.32 Å². The van der Waals surface area contributed by atoms with Crippen molar-refractivity contribution in [3.63, 3.8) is 0 Å². The second-order valence-corrected chi connectivity index (χ2v) is 6.17. The van der Waals surface area contributed by atoms with Crippen LogP contribution in [0.25, 0.3) is 0 Å². The molecule has 0 atom stereocenters. The van der Waals surface area contributed by atoms with E-state index in [9.17, 15) is 0 Å². The molecule has 2 aliphatic carbocycles. The topological polar surface area (TPSA) is 47.3 Å². The van der Waals surface area contributed by atoms with E-state index < -0.39 is 0 Å². The first-order chi connectivity index (χ1) is 9.83. The van der Waals surface area contributed by atoms with Gasteiger partial charge in [0.15, 0.2) is 5.89 Å². The largest absolute Gasteiger partial charge is 0.446 e. The maximum atomic E-state index is 5.83. The van der Waals surface area contributed by atoms with Gasteiger partial charge in [0, 0.05) is 25.5 Å². The predicted molar refractivity (Wildman–Crippen MR) is 77.7 cm³/mol. The minimum atomic E-state index is 0.487. The van der Waals surface area contributed by atoms with Crippen molar-refractivity contribution in [2.45, 2.75) is 64.0 Å². The van der Waals surface area contributed by atoms with Gasteiger partial charge in [-0.2, -0.15) is 0 Å². The summed E-state index contributed by atoms with van der Waals surface area (Å²) in [6.07, 6.45) is 10.6. The van der Waals surface area contributed by atoms with Crippen LogP contribution in [0.3, 0.4) is 0 Å². The van der Waals surface area contributed by atoms with Crippen molar-refractivity contribution in [1.82, 2.24) is 10.3 Å². The van der Waals surface area contributed by atoms with Crippen LogP contribution in [0.15, 0.2) is 10.6 Å². The molecule has 4 heteroatoms. The van der Waals surface area contributed by atoms with Crippen molar-refractivity contribution in [3.8, 4) is 0 Å². The van der Waals surface area contributed by atoms with Gasteiger partial charge in [-0.25, -0.2) is 4.98 Å². The molecular formula is C16H26N2O2. The molecule has 4 nitrogen and oxygen atoms in total. The van der Waals surface area contributed by atoms with Crippen LogP contribution in [0.5, 0.6) is 0 Å². The lowest BCUT2D eigenvalue weighted by atomic mass is 9.79. The smallest absolute Gasteiger partial charge is 0.194 e. The van der Waals surface area contributed by atoms with Crippen LogP contribution in [0.4, 0.5) is 0 Å². The lowest BCUT2D eigenvalue weighted by Gasteiger charge is -2.34. The molecule has 20 heavy (non-hydrogen) atoms. The zero-order valence-corrected chi connectivity index (χ0v) is 12.4. The van der Waals surface area contributed by atoms with Crippen LogP contribution in [-0.2, 0) is 17.6 Å². The molecule has 1 heterocycles. The number of oxazole rings is 1. The summed E-state index contributed by atoms with van der Waals surface area (Å²) in [5, 5.41) is 3.52. The Morgan fingerprint density at radius 1 is 1.40 bits per heavy atom. The lowest BCUT2D eigenvalue weighted by molar-refractivity contribution is -0.0252. The Kier molecular flexibility index (Phi) is 4.73. The first-order valence-electron chi connectivity index (χ1n) is 8.12. The highest BCUT2D eigenvalue weighted by molar-refractivity contribution is 4.98. The maximum Gasteiger partial charge on any atom is 0.194 e. The molecule has 0 spiro atoms. The summed E-state index contributed by atoms with van der Waals surface area (Å²) < 4.78 is 11.4. The summed E-state index contributed by atoms with van der Waals surface area (Å²) in [5.74, 6) is 2.68. The molecule has 0 amide bonds. The minimum absolute atomic E-state index is 0.487. The molecule has 0 bridgehead atoms. The number of hydrogen-bond acceptors (Lipinski definition) is 4. The second-order valence-electron chi connectivity index (χ2n) is 6.17. The molecular weight excluding hydrogens is 252 g/mol. The zero-order valence-electron chi connectivity index (χ0n) is 12.4. The van der Waals surface area contributed by atoms with Crippen molar-refractivity contribution in [1.29, 1.82) is 0 Å². The van der Waals surface area contributed by atoms with Gasteiger partial charge in [0.2, 0.25) is 0 Å². The fraction of sp³-hybridized carbons (Fsp3) is 0.812. The van der Waals surface area contributed by atoms with Gasteiger partial charge in [0.25, 0.3) is 0 Å². The maximum absolute atomic E-state index is 5.83. The highest BCUT2D eigenvalue weighted by Crippen LogP contribution is 2.33. The molecule has 2 aliphatic rings. The van der Waals surface area contributed by atoms with Crippen molar-refractivity contribution < 1.29 is 9.15 Å². The third-order valence-corrected chi connectivity index (χ3v) is 4.26. The van der Waals surface area contributed by atoms with Gasteiger partial charge in [0.1, 0.15) is 5.76 Å². The standard InChI is InChI=1S/C16H26N2O2/c1-2-19-14-8-12(9-14)10-15-11-18-16(20-15)4-3-7-17-13-5-6-13/h11-14,17H,2-10H2,1H3. The van der Waals surface area contributed by atoms with E-state index in [1.807, 2.05) is 6.20 Å². The van der Waals surface area contributed by atoms with Crippen LogP contribution in [0.1, 0.15) is 50.7 Å². The monoisotopic (exact) mass is 278 g/mol. The van der Waals surface area contributed by atoms with Gasteiger partial charge >= 0.3 is 0 Å². The highest BCUT2D eigenvalue weighted by Gasteiger charge is 2.30. The fourth-order valence-corrected chi connectivity index (χ4v) is 2.89. The molecule has 2 fully saturated rings. The first-order valence-corrected chi connectivity index (χ1v) is 8.12. The summed E-state index contributed by atoms with van der Waals surface area (Å²) in [6.45, 7) is 3.98. The van der Waals surface area contributed by atoms with E-state index >= 15 is 0 Å². The van der Waals surface area contributed by atoms with Gasteiger partial charge in [-0.1, -0.05) is 0 Å². The van der Waals surface area contributed by atoms with E-state index in [4.69, 9.17) is 9.15 Å².